The molecule has 6 heteroatoms. The van der Waals surface area contributed by atoms with E-state index in [4.69, 9.17) is 0 Å². The summed E-state index contributed by atoms with van der Waals surface area (Å²) < 4.78 is 0. The molecule has 0 aromatic heterocycles. The lowest BCUT2D eigenvalue weighted by atomic mass is 9.70. The summed E-state index contributed by atoms with van der Waals surface area (Å²) in [6.07, 6.45) is 4.54. The average Bonchev–Trinajstić information content (AvgIpc) is 3.86. The van der Waals surface area contributed by atoms with E-state index in [1.54, 1.807) is 0 Å². The molecule has 0 bridgehead atoms. The number of phenolic OH excluding ortho intramolecular Hbond substituents is 6. The highest BCUT2D eigenvalue weighted by Crippen LogP contribution is 2.51. The molecule has 0 radical (unpaired) electrons. The lowest BCUT2D eigenvalue weighted by Gasteiger charge is -2.33. The second kappa shape index (κ2) is 16.8. The Hall–Kier alpha value is -7.96. The maximum Gasteiger partial charge on any atom is 0.126 e. The van der Waals surface area contributed by atoms with Gasteiger partial charge in [-0.3, -0.25) is 0 Å². The van der Waals surface area contributed by atoms with Crippen molar-refractivity contribution in [2.75, 3.05) is 0 Å². The lowest BCUT2D eigenvalue weighted by Crippen LogP contribution is -2.25. The van der Waals surface area contributed by atoms with Crippen LogP contribution in [0.4, 0.5) is 0 Å². The molecule has 10 aromatic carbocycles. The fraction of sp³-hybridized carbons (Fsp3) is 0.148. The van der Waals surface area contributed by atoms with Crippen LogP contribution in [-0.2, 0) is 31.1 Å². The van der Waals surface area contributed by atoms with Gasteiger partial charge in [-0.05, 0) is 90.0 Å². The van der Waals surface area contributed by atoms with Gasteiger partial charge in [0.1, 0.15) is 34.5 Å². The van der Waals surface area contributed by atoms with Gasteiger partial charge in [-0.2, -0.15) is 0 Å². The number of rotatable bonds is 10. The van der Waals surface area contributed by atoms with Crippen molar-refractivity contribution in [2.45, 2.75) is 56.8 Å². The maximum absolute atomic E-state index is 12.4. The van der Waals surface area contributed by atoms with Crippen molar-refractivity contribution >= 4 is 43.1 Å². The molecule has 11 rings (SSSR count). The van der Waals surface area contributed by atoms with Crippen LogP contribution in [0.25, 0.3) is 43.1 Å². The van der Waals surface area contributed by atoms with Gasteiger partial charge in [0, 0.05) is 52.6 Å². The molecule has 330 valence electrons. The molecule has 67 heavy (non-hydrogen) atoms. The quantitative estimate of drug-likeness (QED) is 0.0814. The SMILES string of the molecule is Oc1c(Cc2ccc3ccccc3c2O)cc(C2(c3cc(Cc4ccc5ccccc5c4O)c(O)c(Cc4ccc5ccccc5c4O)c3)CCCC2)cc1Cc1ccc2ccccc2c1O. The summed E-state index contributed by atoms with van der Waals surface area (Å²) >= 11 is 0. The number of benzene rings is 10. The zero-order valence-electron chi connectivity index (χ0n) is 37.0. The van der Waals surface area contributed by atoms with E-state index in [-0.39, 0.29) is 60.2 Å². The van der Waals surface area contributed by atoms with Crippen LogP contribution in [0, 0.1) is 0 Å². The Morgan fingerprint density at radius 1 is 0.284 bits per heavy atom. The summed E-state index contributed by atoms with van der Waals surface area (Å²) in [5.41, 5.74) is 6.81. The third-order valence-corrected chi connectivity index (χ3v) is 14.6. The average molecular weight is 879 g/mol. The Morgan fingerprint density at radius 2 is 0.537 bits per heavy atom. The Kier molecular flexibility index (Phi) is 10.5. The van der Waals surface area contributed by atoms with E-state index < -0.39 is 5.41 Å². The van der Waals surface area contributed by atoms with Gasteiger partial charge in [0.05, 0.1) is 0 Å². The summed E-state index contributed by atoms with van der Waals surface area (Å²) in [4.78, 5) is 0. The van der Waals surface area contributed by atoms with Crippen LogP contribution >= 0.6 is 0 Å². The molecule has 1 fully saturated rings. The second-order valence-corrected chi connectivity index (χ2v) is 18.5. The van der Waals surface area contributed by atoms with Crippen molar-refractivity contribution in [1.29, 1.82) is 0 Å². The van der Waals surface area contributed by atoms with Crippen LogP contribution in [0.15, 0.2) is 170 Å². The normalized spacial score (nSPS) is 13.6. The Morgan fingerprint density at radius 3 is 0.806 bits per heavy atom. The van der Waals surface area contributed by atoms with Gasteiger partial charge in [0.25, 0.3) is 0 Å². The Labute approximate surface area is 388 Å². The smallest absolute Gasteiger partial charge is 0.126 e. The zero-order valence-corrected chi connectivity index (χ0v) is 37.0. The predicted molar refractivity (Wildman–Crippen MR) is 269 cm³/mol. The van der Waals surface area contributed by atoms with Crippen molar-refractivity contribution in [2.24, 2.45) is 0 Å². The van der Waals surface area contributed by atoms with Crippen LogP contribution in [0.2, 0.25) is 0 Å². The topological polar surface area (TPSA) is 121 Å². The molecule has 0 aliphatic heterocycles. The number of hydrogen-bond acceptors (Lipinski definition) is 6. The molecule has 0 atom stereocenters. The first kappa shape index (κ1) is 41.7. The van der Waals surface area contributed by atoms with E-state index in [2.05, 4.69) is 24.3 Å². The Balaban J connectivity index is 1.10. The van der Waals surface area contributed by atoms with Gasteiger partial charge in [-0.1, -0.05) is 183 Å². The van der Waals surface area contributed by atoms with E-state index in [9.17, 15) is 30.6 Å². The number of hydrogen-bond donors (Lipinski definition) is 6. The van der Waals surface area contributed by atoms with Crippen LogP contribution in [0.5, 0.6) is 34.5 Å². The third kappa shape index (κ3) is 7.39. The third-order valence-electron chi connectivity index (χ3n) is 14.6. The minimum atomic E-state index is -0.567. The van der Waals surface area contributed by atoms with E-state index in [1.807, 2.05) is 146 Å². The highest BCUT2D eigenvalue weighted by atomic mass is 16.3. The van der Waals surface area contributed by atoms with Gasteiger partial charge in [0.15, 0.2) is 0 Å². The van der Waals surface area contributed by atoms with E-state index in [1.165, 1.54) is 0 Å². The molecular formula is C61H50O6. The fourth-order valence-corrected chi connectivity index (χ4v) is 10.9. The summed E-state index contributed by atoms with van der Waals surface area (Å²) in [5.74, 6) is 0.927. The summed E-state index contributed by atoms with van der Waals surface area (Å²) in [6, 6.07) is 55.0. The molecule has 1 aliphatic rings. The van der Waals surface area contributed by atoms with Gasteiger partial charge >= 0.3 is 0 Å². The Bertz CT molecular complexity index is 3120. The number of fused-ring (bicyclic) bond motifs is 4. The van der Waals surface area contributed by atoms with Crippen molar-refractivity contribution in [3.05, 3.63) is 225 Å². The number of phenols is 6. The lowest BCUT2D eigenvalue weighted by molar-refractivity contribution is 0.455. The van der Waals surface area contributed by atoms with Gasteiger partial charge in [0.2, 0.25) is 0 Å². The first-order valence-corrected chi connectivity index (χ1v) is 23.1. The zero-order chi connectivity index (χ0) is 45.8. The minimum Gasteiger partial charge on any atom is -0.507 e. The molecule has 1 aliphatic carbocycles. The molecule has 0 heterocycles. The maximum atomic E-state index is 12.4. The molecule has 0 unspecified atom stereocenters. The van der Waals surface area contributed by atoms with Crippen molar-refractivity contribution < 1.29 is 30.6 Å². The fourth-order valence-electron chi connectivity index (χ4n) is 10.9. The van der Waals surface area contributed by atoms with E-state index in [0.29, 0.717) is 44.5 Å². The summed E-state index contributed by atoms with van der Waals surface area (Å²) in [7, 11) is 0. The first-order valence-electron chi connectivity index (χ1n) is 23.1. The molecule has 10 aromatic rings. The minimum absolute atomic E-state index is 0.114. The van der Waals surface area contributed by atoms with Crippen LogP contribution in [0.3, 0.4) is 0 Å². The predicted octanol–water partition coefficient (Wildman–Crippen LogP) is 13.8. The largest absolute Gasteiger partial charge is 0.507 e. The van der Waals surface area contributed by atoms with Crippen molar-refractivity contribution in [1.82, 2.24) is 0 Å². The van der Waals surface area contributed by atoms with Crippen LogP contribution in [-0.4, -0.2) is 30.6 Å². The van der Waals surface area contributed by atoms with E-state index >= 15 is 0 Å². The van der Waals surface area contributed by atoms with Crippen LogP contribution < -0.4 is 0 Å². The molecule has 0 saturated heterocycles. The van der Waals surface area contributed by atoms with Crippen molar-refractivity contribution in [3.63, 3.8) is 0 Å². The molecule has 1 saturated carbocycles. The highest BCUT2D eigenvalue weighted by Gasteiger charge is 2.39. The van der Waals surface area contributed by atoms with Gasteiger partial charge in [-0.15, -0.1) is 0 Å². The van der Waals surface area contributed by atoms with Crippen LogP contribution in [0.1, 0.15) is 81.3 Å². The number of aromatic hydroxyl groups is 6. The van der Waals surface area contributed by atoms with Gasteiger partial charge < -0.3 is 30.6 Å². The first-order chi connectivity index (χ1) is 32.6. The monoisotopic (exact) mass is 878 g/mol. The molecule has 0 spiro atoms. The molecular weight excluding hydrogens is 829 g/mol. The second-order valence-electron chi connectivity index (χ2n) is 18.5. The van der Waals surface area contributed by atoms with E-state index in [0.717, 1.165) is 79.9 Å². The summed E-state index contributed by atoms with van der Waals surface area (Å²) in [6.45, 7) is 0. The van der Waals surface area contributed by atoms with Crippen molar-refractivity contribution in [3.8, 4) is 34.5 Å². The highest BCUT2D eigenvalue weighted by molar-refractivity contribution is 5.92. The molecule has 6 nitrogen and oxygen atoms in total. The molecule has 6 N–H and O–H groups in total. The molecule has 0 amide bonds. The standard InChI is InChI=1S/C61H50O6/c62-55-45(29-41-23-19-37-11-1-5-15-51(37)57(41)64)33-49(34-46(55)30-42-24-20-38-12-2-6-16-52(38)58(42)65)61(27-9-10-28-61)50-35-47(31-43-25-21-39-13-3-7-17-53(39)59(43)66)56(63)48(36-50)32-44-26-22-40-14-4-8-18-54(40)60(44)67/h1-8,11-26,33-36,62-67H,9-10,27-32H2. The summed E-state index contributed by atoms with van der Waals surface area (Å²) in [5, 5.41) is 78.0. The van der Waals surface area contributed by atoms with Gasteiger partial charge in [-0.25, -0.2) is 0 Å².